The van der Waals surface area contributed by atoms with Gasteiger partial charge in [-0.15, -0.1) is 0 Å². The van der Waals surface area contributed by atoms with Crippen LogP contribution in [0.3, 0.4) is 0 Å². The van der Waals surface area contributed by atoms with E-state index in [1.807, 2.05) is 6.92 Å². The summed E-state index contributed by atoms with van der Waals surface area (Å²) < 4.78 is 70.5. The van der Waals surface area contributed by atoms with Crippen molar-refractivity contribution in [3.63, 3.8) is 0 Å². The Hall–Kier alpha value is -3.77. The van der Waals surface area contributed by atoms with Crippen molar-refractivity contribution in [2.45, 2.75) is 43.4 Å². The number of amides is 2. The molecule has 1 N–H and O–H groups in total. The summed E-state index contributed by atoms with van der Waals surface area (Å²) in [4.78, 5) is 29.1. The molecule has 2 amide bonds. The predicted molar refractivity (Wildman–Crippen MR) is 182 cm³/mol. The van der Waals surface area contributed by atoms with Crippen LogP contribution in [0.25, 0.3) is 0 Å². The van der Waals surface area contributed by atoms with Gasteiger partial charge in [-0.25, -0.2) is 8.42 Å². The van der Waals surface area contributed by atoms with Gasteiger partial charge in [-0.3, -0.25) is 13.9 Å². The first-order valence-electron chi connectivity index (χ1n) is 14.7. The van der Waals surface area contributed by atoms with Crippen LogP contribution in [0.5, 0.6) is 0 Å². The second-order valence-electron chi connectivity index (χ2n) is 10.7. The van der Waals surface area contributed by atoms with E-state index in [-0.39, 0.29) is 27.9 Å². The third kappa shape index (κ3) is 9.02. The number of nitrogens with zero attached hydrogens (tertiary/aromatic N) is 2. The smallest absolute Gasteiger partial charge is 0.354 e. The Morgan fingerprint density at radius 2 is 1.44 bits per heavy atom. The number of carbonyl (C=O) groups is 2. The molecular weight excluding hydrogens is 710 g/mol. The van der Waals surface area contributed by atoms with E-state index in [9.17, 15) is 31.2 Å². The number of benzene rings is 4. The number of nitrogens with one attached hydrogen (secondary N) is 1. The van der Waals surface area contributed by atoms with E-state index >= 15 is 0 Å². The van der Waals surface area contributed by atoms with Crippen LogP contribution in [0.15, 0.2) is 102 Å². The zero-order valence-corrected chi connectivity index (χ0v) is 28.6. The number of hydrogen-bond acceptors (Lipinski definition) is 4. The van der Waals surface area contributed by atoms with E-state index in [0.717, 1.165) is 17.0 Å². The number of halogens is 6. The Morgan fingerprint density at radius 1 is 0.833 bits per heavy atom. The van der Waals surface area contributed by atoms with Gasteiger partial charge in [0, 0.05) is 35.1 Å². The van der Waals surface area contributed by atoms with Crippen molar-refractivity contribution in [1.29, 1.82) is 0 Å². The van der Waals surface area contributed by atoms with Gasteiger partial charge >= 0.3 is 6.18 Å². The van der Waals surface area contributed by atoms with Crippen molar-refractivity contribution in [3.8, 4) is 0 Å². The van der Waals surface area contributed by atoms with Gasteiger partial charge in [-0.05, 0) is 54.4 Å². The molecule has 1 atom stereocenters. The summed E-state index contributed by atoms with van der Waals surface area (Å²) in [5.74, 6) is -1.43. The standard InChI is InChI=1S/C34H31Cl3F3N3O4S/c1-2-18-41-33(45)31(19-23-10-5-3-6-11-23)42(21-26-28(35)14-9-15-29(26)36)32(44)22-43(48(46,47)25-12-7-4-8-13-25)24-16-17-30(37)27(20-24)34(38,39)40/h3-17,20,31H,2,18-19,21-22H2,1H3,(H,41,45). The highest BCUT2D eigenvalue weighted by Crippen LogP contribution is 2.38. The third-order valence-electron chi connectivity index (χ3n) is 7.36. The molecule has 4 aromatic rings. The van der Waals surface area contributed by atoms with E-state index in [2.05, 4.69) is 5.32 Å². The largest absolute Gasteiger partial charge is 0.417 e. The van der Waals surface area contributed by atoms with Crippen LogP contribution in [0.4, 0.5) is 18.9 Å². The maximum atomic E-state index is 14.5. The van der Waals surface area contributed by atoms with Crippen LogP contribution in [0.1, 0.15) is 30.0 Å². The van der Waals surface area contributed by atoms with E-state index in [1.165, 1.54) is 24.3 Å². The summed E-state index contributed by atoms with van der Waals surface area (Å²) in [5.41, 5.74) is -0.769. The first kappa shape index (κ1) is 37.1. The van der Waals surface area contributed by atoms with Gasteiger partial charge in [-0.2, -0.15) is 13.2 Å². The molecule has 4 aromatic carbocycles. The minimum Gasteiger partial charge on any atom is -0.354 e. The summed E-state index contributed by atoms with van der Waals surface area (Å²) in [6.07, 6.45) is -4.31. The first-order chi connectivity index (χ1) is 22.7. The third-order valence-corrected chi connectivity index (χ3v) is 10.2. The number of hydrogen-bond donors (Lipinski definition) is 1. The number of anilines is 1. The lowest BCUT2D eigenvalue weighted by atomic mass is 10.0. The molecule has 0 spiro atoms. The number of rotatable bonds is 13. The highest BCUT2D eigenvalue weighted by atomic mass is 35.5. The Bertz CT molecular complexity index is 1830. The summed E-state index contributed by atoms with van der Waals surface area (Å²) in [7, 11) is -4.64. The van der Waals surface area contributed by atoms with Gasteiger partial charge < -0.3 is 10.2 Å². The lowest BCUT2D eigenvalue weighted by Crippen LogP contribution is -2.53. The molecule has 0 fully saturated rings. The van der Waals surface area contributed by atoms with E-state index in [1.54, 1.807) is 54.6 Å². The summed E-state index contributed by atoms with van der Waals surface area (Å²) in [6.45, 7) is 0.845. The van der Waals surface area contributed by atoms with Crippen LogP contribution in [0.2, 0.25) is 15.1 Å². The molecule has 0 aliphatic rings. The lowest BCUT2D eigenvalue weighted by molar-refractivity contribution is -0.140. The Balaban J connectivity index is 1.88. The fourth-order valence-electron chi connectivity index (χ4n) is 4.91. The number of sulfonamides is 1. The van der Waals surface area contributed by atoms with Crippen molar-refractivity contribution in [2.24, 2.45) is 0 Å². The van der Waals surface area contributed by atoms with Gasteiger partial charge in [0.2, 0.25) is 11.8 Å². The number of carbonyl (C=O) groups excluding carboxylic acids is 2. The van der Waals surface area contributed by atoms with Crippen molar-refractivity contribution in [1.82, 2.24) is 10.2 Å². The van der Waals surface area contributed by atoms with Crippen LogP contribution < -0.4 is 9.62 Å². The van der Waals surface area contributed by atoms with Crippen molar-refractivity contribution in [2.75, 3.05) is 17.4 Å². The van der Waals surface area contributed by atoms with Crippen molar-refractivity contribution in [3.05, 3.63) is 129 Å². The van der Waals surface area contributed by atoms with Gasteiger partial charge in [-0.1, -0.05) is 96.3 Å². The minimum absolute atomic E-state index is 0.0226. The Kier molecular flexibility index (Phi) is 12.4. The zero-order chi connectivity index (χ0) is 35.1. The fraction of sp³-hybridized carbons (Fsp3) is 0.235. The first-order valence-corrected chi connectivity index (χ1v) is 17.3. The molecule has 0 heterocycles. The average molecular weight is 741 g/mol. The zero-order valence-electron chi connectivity index (χ0n) is 25.6. The maximum absolute atomic E-state index is 14.5. The molecule has 0 saturated heterocycles. The molecule has 1 unspecified atom stereocenters. The van der Waals surface area contributed by atoms with Gasteiger partial charge in [0.25, 0.3) is 10.0 Å². The lowest BCUT2D eigenvalue weighted by Gasteiger charge is -2.34. The van der Waals surface area contributed by atoms with Gasteiger partial charge in [0.1, 0.15) is 12.6 Å². The maximum Gasteiger partial charge on any atom is 0.417 e. The normalized spacial score (nSPS) is 12.3. The molecule has 0 aromatic heterocycles. The Labute approximate surface area is 292 Å². The molecule has 0 bridgehead atoms. The van der Waals surface area contributed by atoms with Gasteiger partial charge in [0.05, 0.1) is 21.2 Å². The minimum atomic E-state index is -4.93. The highest BCUT2D eigenvalue weighted by molar-refractivity contribution is 7.92. The SMILES string of the molecule is CCCNC(=O)C(Cc1ccccc1)N(Cc1c(Cl)cccc1Cl)C(=O)CN(c1ccc(Cl)c(C(F)(F)F)c1)S(=O)(=O)c1ccccc1. The summed E-state index contributed by atoms with van der Waals surface area (Å²) >= 11 is 18.8. The molecule has 254 valence electrons. The highest BCUT2D eigenvalue weighted by Gasteiger charge is 2.38. The topological polar surface area (TPSA) is 86.8 Å². The molecule has 14 heteroatoms. The van der Waals surface area contributed by atoms with Crippen LogP contribution in [0, 0.1) is 0 Å². The molecule has 4 rings (SSSR count). The average Bonchev–Trinajstić information content (AvgIpc) is 3.05. The fourth-order valence-corrected chi connectivity index (χ4v) is 7.08. The van der Waals surface area contributed by atoms with E-state index in [0.29, 0.717) is 34.5 Å². The van der Waals surface area contributed by atoms with Crippen molar-refractivity contribution < 1.29 is 31.2 Å². The summed E-state index contributed by atoms with van der Waals surface area (Å²) in [6, 6.07) is 21.9. The molecular formula is C34H31Cl3F3N3O4S. The second-order valence-corrected chi connectivity index (χ2v) is 13.8. The van der Waals surface area contributed by atoms with E-state index < -0.39 is 56.9 Å². The monoisotopic (exact) mass is 739 g/mol. The molecule has 0 aliphatic heterocycles. The van der Waals surface area contributed by atoms with Crippen molar-refractivity contribution >= 4 is 62.3 Å². The Morgan fingerprint density at radius 3 is 2.02 bits per heavy atom. The van der Waals surface area contributed by atoms with Crippen LogP contribution in [-0.4, -0.2) is 44.3 Å². The predicted octanol–water partition coefficient (Wildman–Crippen LogP) is 8.03. The van der Waals surface area contributed by atoms with E-state index in [4.69, 9.17) is 34.8 Å². The van der Waals surface area contributed by atoms with Crippen LogP contribution >= 0.6 is 34.8 Å². The molecule has 48 heavy (non-hydrogen) atoms. The number of alkyl halides is 3. The van der Waals surface area contributed by atoms with Gasteiger partial charge in [0.15, 0.2) is 0 Å². The summed E-state index contributed by atoms with van der Waals surface area (Å²) in [5, 5.41) is 2.53. The molecule has 0 aliphatic carbocycles. The quantitative estimate of drug-likeness (QED) is 0.151. The second kappa shape index (κ2) is 16.1. The molecule has 0 radical (unpaired) electrons. The molecule has 7 nitrogen and oxygen atoms in total. The molecule has 0 saturated carbocycles. The van der Waals surface area contributed by atoms with Crippen LogP contribution in [-0.2, 0) is 38.8 Å².